The molecule has 0 aliphatic carbocycles. The van der Waals surface area contributed by atoms with Crippen LogP contribution in [0.4, 0.5) is 0 Å². The lowest BCUT2D eigenvalue weighted by Crippen LogP contribution is -2.16. The third-order valence-electron chi connectivity index (χ3n) is 4.81. The summed E-state index contributed by atoms with van der Waals surface area (Å²) in [6.07, 6.45) is 0.177. The summed E-state index contributed by atoms with van der Waals surface area (Å²) in [5.41, 5.74) is 1.74. The third-order valence-corrected chi connectivity index (χ3v) is 4.81. The van der Waals surface area contributed by atoms with Crippen molar-refractivity contribution >= 4 is 28.7 Å². The summed E-state index contributed by atoms with van der Waals surface area (Å²) in [4.78, 5) is 48.3. The number of benzene rings is 1. The normalized spacial score (nSPS) is 10.8. The molecule has 0 aliphatic rings. The van der Waals surface area contributed by atoms with Crippen LogP contribution in [-0.4, -0.2) is 36.0 Å². The Labute approximate surface area is 172 Å². The number of hydrogen-bond acceptors (Lipinski definition) is 7. The zero-order chi connectivity index (χ0) is 21.8. The van der Waals surface area contributed by atoms with Crippen LogP contribution in [0.15, 0.2) is 45.6 Å². The van der Waals surface area contributed by atoms with Crippen LogP contribution in [0.1, 0.15) is 38.7 Å². The monoisotopic (exact) mass is 411 g/mol. The van der Waals surface area contributed by atoms with Crippen molar-refractivity contribution in [1.82, 2.24) is 4.57 Å². The number of ketones is 1. The summed E-state index contributed by atoms with van der Waals surface area (Å²) in [6.45, 7) is 3.44. The Morgan fingerprint density at radius 2 is 1.83 bits per heavy atom. The highest BCUT2D eigenvalue weighted by molar-refractivity contribution is 6.00. The van der Waals surface area contributed by atoms with Crippen LogP contribution in [0.2, 0.25) is 0 Å². The number of para-hydroxylation sites is 1. The van der Waals surface area contributed by atoms with Gasteiger partial charge in [0.05, 0.1) is 18.9 Å². The van der Waals surface area contributed by atoms with E-state index in [2.05, 4.69) is 4.74 Å². The van der Waals surface area contributed by atoms with Crippen LogP contribution >= 0.6 is 0 Å². The van der Waals surface area contributed by atoms with E-state index >= 15 is 0 Å². The molecule has 0 spiro atoms. The number of aryl methyl sites for hydroxylation is 1. The van der Waals surface area contributed by atoms with Gasteiger partial charge in [0.25, 0.3) is 0 Å². The van der Waals surface area contributed by atoms with E-state index in [0.29, 0.717) is 23.2 Å². The number of methoxy groups -OCH3 is 1. The molecular weight excluding hydrogens is 390 g/mol. The molecule has 0 aliphatic heterocycles. The fourth-order valence-electron chi connectivity index (χ4n) is 3.22. The van der Waals surface area contributed by atoms with E-state index in [0.717, 1.165) is 11.8 Å². The molecule has 2 heterocycles. The SMILES string of the molecule is COC(=O)CCn1c(C)cc(C(=O)COC(=O)c2cc(=O)c3ccccc3o2)c1C. The number of fused-ring (bicyclic) bond motifs is 1. The number of hydrogen-bond donors (Lipinski definition) is 0. The van der Waals surface area contributed by atoms with Crippen molar-refractivity contribution in [3.8, 4) is 0 Å². The minimum absolute atomic E-state index is 0.177. The number of carbonyl (C=O) groups is 3. The van der Waals surface area contributed by atoms with Crippen molar-refractivity contribution < 1.29 is 28.3 Å². The predicted octanol–water partition coefficient (Wildman–Crippen LogP) is 2.81. The van der Waals surface area contributed by atoms with Crippen LogP contribution in [0.25, 0.3) is 11.0 Å². The first-order chi connectivity index (χ1) is 14.3. The van der Waals surface area contributed by atoms with Gasteiger partial charge in [-0.05, 0) is 32.0 Å². The second-order valence-electron chi connectivity index (χ2n) is 6.73. The van der Waals surface area contributed by atoms with Gasteiger partial charge in [-0.1, -0.05) is 12.1 Å². The number of ether oxygens (including phenoxy) is 2. The van der Waals surface area contributed by atoms with E-state index < -0.39 is 18.4 Å². The van der Waals surface area contributed by atoms with Gasteiger partial charge in [0.2, 0.25) is 11.5 Å². The molecule has 3 aromatic rings. The number of rotatable bonds is 7. The summed E-state index contributed by atoms with van der Waals surface area (Å²) in [7, 11) is 1.32. The zero-order valence-electron chi connectivity index (χ0n) is 16.9. The molecule has 2 aromatic heterocycles. The van der Waals surface area contributed by atoms with Gasteiger partial charge in [0.1, 0.15) is 5.58 Å². The van der Waals surface area contributed by atoms with Gasteiger partial charge in [-0.3, -0.25) is 14.4 Å². The fourth-order valence-corrected chi connectivity index (χ4v) is 3.22. The molecule has 156 valence electrons. The number of aromatic nitrogens is 1. The summed E-state index contributed by atoms with van der Waals surface area (Å²) in [6, 6.07) is 9.27. The molecule has 0 amide bonds. The quantitative estimate of drug-likeness (QED) is 0.435. The Hall–Kier alpha value is -3.68. The molecule has 1 aromatic carbocycles. The second-order valence-corrected chi connectivity index (χ2v) is 6.73. The molecule has 0 bridgehead atoms. The lowest BCUT2D eigenvalue weighted by Gasteiger charge is -2.09. The average Bonchev–Trinajstić information content (AvgIpc) is 3.03. The number of esters is 2. The van der Waals surface area contributed by atoms with E-state index in [1.165, 1.54) is 7.11 Å². The molecule has 0 fully saturated rings. The van der Waals surface area contributed by atoms with Gasteiger partial charge >= 0.3 is 11.9 Å². The topological polar surface area (TPSA) is 105 Å². The molecule has 0 atom stereocenters. The molecule has 0 saturated heterocycles. The number of Topliss-reactive ketones (excluding diaryl/α,β-unsaturated/α-hetero) is 1. The highest BCUT2D eigenvalue weighted by Gasteiger charge is 2.20. The fraction of sp³-hybridized carbons (Fsp3) is 0.273. The molecule has 30 heavy (non-hydrogen) atoms. The van der Waals surface area contributed by atoms with Crippen LogP contribution in [0, 0.1) is 13.8 Å². The maximum absolute atomic E-state index is 12.6. The van der Waals surface area contributed by atoms with Crippen molar-refractivity contribution in [3.63, 3.8) is 0 Å². The van der Waals surface area contributed by atoms with E-state index in [1.807, 2.05) is 11.5 Å². The lowest BCUT2D eigenvalue weighted by atomic mass is 10.1. The maximum atomic E-state index is 12.6. The van der Waals surface area contributed by atoms with Crippen molar-refractivity contribution in [1.29, 1.82) is 0 Å². The highest BCUT2D eigenvalue weighted by Crippen LogP contribution is 2.17. The smallest absolute Gasteiger partial charge is 0.374 e. The second kappa shape index (κ2) is 8.77. The van der Waals surface area contributed by atoms with Crippen molar-refractivity contribution in [2.75, 3.05) is 13.7 Å². The van der Waals surface area contributed by atoms with Gasteiger partial charge in [-0.15, -0.1) is 0 Å². The van der Waals surface area contributed by atoms with Crippen LogP contribution in [-0.2, 0) is 20.8 Å². The maximum Gasteiger partial charge on any atom is 0.374 e. The van der Waals surface area contributed by atoms with Gasteiger partial charge in [0.15, 0.2) is 12.0 Å². The van der Waals surface area contributed by atoms with Crippen LogP contribution in [0.5, 0.6) is 0 Å². The summed E-state index contributed by atoms with van der Waals surface area (Å²) < 4.78 is 17.0. The molecule has 8 nitrogen and oxygen atoms in total. The summed E-state index contributed by atoms with van der Waals surface area (Å²) in [5, 5.41) is 0.351. The molecule has 3 rings (SSSR count). The van der Waals surface area contributed by atoms with E-state index in [9.17, 15) is 19.2 Å². The minimum atomic E-state index is -0.897. The Kier molecular flexibility index (Phi) is 6.15. The Balaban J connectivity index is 1.71. The van der Waals surface area contributed by atoms with Crippen molar-refractivity contribution in [2.45, 2.75) is 26.8 Å². The molecule has 0 saturated carbocycles. The predicted molar refractivity (Wildman–Crippen MR) is 108 cm³/mol. The van der Waals surface area contributed by atoms with E-state index in [4.69, 9.17) is 9.15 Å². The Bertz CT molecular complexity index is 1190. The van der Waals surface area contributed by atoms with Gasteiger partial charge in [-0.2, -0.15) is 0 Å². The van der Waals surface area contributed by atoms with Crippen LogP contribution < -0.4 is 5.43 Å². The standard InChI is InChI=1S/C22H21NO7/c1-13-10-16(14(2)23(13)9-8-21(26)28-3)18(25)12-29-22(27)20-11-17(24)15-6-4-5-7-19(15)30-20/h4-7,10-11H,8-9,12H2,1-3H3. The third kappa shape index (κ3) is 4.32. The van der Waals surface area contributed by atoms with Gasteiger partial charge < -0.3 is 18.5 Å². The zero-order valence-corrected chi connectivity index (χ0v) is 16.9. The van der Waals surface area contributed by atoms with Gasteiger partial charge in [-0.25, -0.2) is 4.79 Å². The first kappa shape index (κ1) is 21.0. The van der Waals surface area contributed by atoms with Crippen molar-refractivity contribution in [2.24, 2.45) is 0 Å². The minimum Gasteiger partial charge on any atom is -0.469 e. The average molecular weight is 411 g/mol. The number of carbonyl (C=O) groups excluding carboxylic acids is 3. The molecule has 0 unspecified atom stereocenters. The van der Waals surface area contributed by atoms with Crippen molar-refractivity contribution in [3.05, 3.63) is 69.3 Å². The molecule has 8 heteroatoms. The molecule has 0 N–H and O–H groups in total. The lowest BCUT2D eigenvalue weighted by molar-refractivity contribution is -0.140. The summed E-state index contributed by atoms with van der Waals surface area (Å²) >= 11 is 0. The Morgan fingerprint density at radius 1 is 1.10 bits per heavy atom. The first-order valence-electron chi connectivity index (χ1n) is 9.28. The number of nitrogens with zero attached hydrogens (tertiary/aromatic N) is 1. The molecule has 0 radical (unpaired) electrons. The van der Waals surface area contributed by atoms with E-state index in [1.54, 1.807) is 37.3 Å². The summed E-state index contributed by atoms with van der Waals surface area (Å²) in [5.74, 6) is -1.91. The largest absolute Gasteiger partial charge is 0.469 e. The molecular formula is C22H21NO7. The Morgan fingerprint density at radius 3 is 2.57 bits per heavy atom. The van der Waals surface area contributed by atoms with E-state index in [-0.39, 0.29) is 29.2 Å². The van der Waals surface area contributed by atoms with Gasteiger partial charge in [0, 0.05) is 29.6 Å². The first-order valence-corrected chi connectivity index (χ1v) is 9.28. The highest BCUT2D eigenvalue weighted by atomic mass is 16.5. The van der Waals surface area contributed by atoms with Crippen LogP contribution in [0.3, 0.4) is 0 Å².